The molecule has 0 saturated heterocycles. The van der Waals surface area contributed by atoms with Crippen molar-refractivity contribution in [3.8, 4) is 0 Å². The summed E-state index contributed by atoms with van der Waals surface area (Å²) in [5.41, 5.74) is 3.63. The molecular formula is C28H40N4O2. The third kappa shape index (κ3) is 7.94. The molecule has 2 amide bonds. The van der Waals surface area contributed by atoms with Gasteiger partial charge in [0.2, 0.25) is 5.91 Å². The van der Waals surface area contributed by atoms with Crippen LogP contribution in [0.1, 0.15) is 80.8 Å². The minimum atomic E-state index is -0.103. The van der Waals surface area contributed by atoms with Crippen LogP contribution in [0.25, 0.3) is 0 Å². The van der Waals surface area contributed by atoms with Crippen LogP contribution in [0.3, 0.4) is 0 Å². The van der Waals surface area contributed by atoms with Crippen molar-refractivity contribution >= 4 is 17.5 Å². The van der Waals surface area contributed by atoms with Gasteiger partial charge in [-0.1, -0.05) is 33.1 Å². The van der Waals surface area contributed by atoms with Crippen LogP contribution in [0.2, 0.25) is 0 Å². The zero-order valence-electron chi connectivity index (χ0n) is 21.1. The predicted octanol–water partition coefficient (Wildman–Crippen LogP) is 5.18. The number of rotatable bonds is 6. The van der Waals surface area contributed by atoms with E-state index >= 15 is 0 Å². The highest BCUT2D eigenvalue weighted by Crippen LogP contribution is 2.26. The van der Waals surface area contributed by atoms with Gasteiger partial charge in [-0.2, -0.15) is 0 Å². The summed E-state index contributed by atoms with van der Waals surface area (Å²) in [5.74, 6) is 0.593. The van der Waals surface area contributed by atoms with E-state index < -0.39 is 0 Å². The fraction of sp³-hybridized carbons (Fsp3) is 0.536. The maximum Gasteiger partial charge on any atom is 0.251 e. The van der Waals surface area contributed by atoms with Crippen LogP contribution in [-0.2, 0) is 17.9 Å². The number of nitrogens with one attached hydrogen (secondary N) is 1. The van der Waals surface area contributed by atoms with E-state index in [9.17, 15) is 9.59 Å². The minimum absolute atomic E-state index is 0.0573. The molecule has 0 unspecified atom stereocenters. The van der Waals surface area contributed by atoms with Crippen LogP contribution in [0, 0.1) is 5.92 Å². The van der Waals surface area contributed by atoms with E-state index in [0.29, 0.717) is 18.0 Å². The molecule has 34 heavy (non-hydrogen) atoms. The summed E-state index contributed by atoms with van der Waals surface area (Å²) in [7, 11) is 0. The van der Waals surface area contributed by atoms with Crippen LogP contribution in [-0.4, -0.2) is 41.3 Å². The molecule has 0 spiro atoms. The summed E-state index contributed by atoms with van der Waals surface area (Å²) in [6.45, 7) is 10.2. The van der Waals surface area contributed by atoms with E-state index in [1.807, 2.05) is 35.2 Å². The Kier molecular flexibility index (Phi) is 10.1. The highest BCUT2D eigenvalue weighted by Gasteiger charge is 2.20. The van der Waals surface area contributed by atoms with Crippen molar-refractivity contribution in [2.45, 2.75) is 72.4 Å². The zero-order valence-corrected chi connectivity index (χ0v) is 21.1. The number of nitrogens with zero attached hydrogens (tertiary/aromatic N) is 3. The second kappa shape index (κ2) is 13.2. The van der Waals surface area contributed by atoms with Crippen molar-refractivity contribution < 1.29 is 9.59 Å². The van der Waals surface area contributed by atoms with Crippen LogP contribution >= 0.6 is 0 Å². The molecule has 2 heterocycles. The van der Waals surface area contributed by atoms with Gasteiger partial charge in [0.15, 0.2) is 0 Å². The molecule has 1 aromatic carbocycles. The highest BCUT2D eigenvalue weighted by molar-refractivity contribution is 5.97. The van der Waals surface area contributed by atoms with Gasteiger partial charge < -0.3 is 10.2 Å². The van der Waals surface area contributed by atoms with Gasteiger partial charge in [0.25, 0.3) is 5.91 Å². The molecule has 0 radical (unpaired) electrons. The smallest absolute Gasteiger partial charge is 0.251 e. The van der Waals surface area contributed by atoms with E-state index in [1.54, 1.807) is 19.3 Å². The number of hydrogen-bond donors (Lipinski definition) is 1. The summed E-state index contributed by atoms with van der Waals surface area (Å²) >= 11 is 0. The summed E-state index contributed by atoms with van der Waals surface area (Å²) in [4.78, 5) is 34.0. The SMILES string of the molecule is CC(=O)N1CCCCCCCN(CCC(C)C)Cc2cc(C(=O)NCc3ccncc3)ccc21. The second-order valence-electron chi connectivity index (χ2n) is 9.78. The van der Waals surface area contributed by atoms with Crippen LogP contribution < -0.4 is 10.2 Å². The van der Waals surface area contributed by atoms with Crippen molar-refractivity contribution in [1.29, 1.82) is 0 Å². The Morgan fingerprint density at radius 3 is 2.41 bits per heavy atom. The number of pyridine rings is 1. The summed E-state index contributed by atoms with van der Waals surface area (Å²) < 4.78 is 0. The van der Waals surface area contributed by atoms with E-state index in [1.165, 1.54) is 19.3 Å². The van der Waals surface area contributed by atoms with E-state index in [0.717, 1.165) is 62.3 Å². The lowest BCUT2D eigenvalue weighted by Crippen LogP contribution is -2.33. The van der Waals surface area contributed by atoms with Crippen molar-refractivity contribution in [1.82, 2.24) is 15.2 Å². The molecule has 6 heteroatoms. The molecule has 1 aromatic heterocycles. The van der Waals surface area contributed by atoms with Crippen molar-refractivity contribution in [3.05, 3.63) is 59.4 Å². The Balaban J connectivity index is 1.87. The normalized spacial score (nSPS) is 15.8. The first-order valence-electron chi connectivity index (χ1n) is 12.7. The fourth-order valence-electron chi connectivity index (χ4n) is 4.44. The largest absolute Gasteiger partial charge is 0.348 e. The maximum absolute atomic E-state index is 13.0. The van der Waals surface area contributed by atoms with Gasteiger partial charge in [-0.3, -0.25) is 19.5 Å². The number of benzene rings is 1. The van der Waals surface area contributed by atoms with Crippen LogP contribution in [0.15, 0.2) is 42.7 Å². The molecule has 184 valence electrons. The topological polar surface area (TPSA) is 65.5 Å². The molecule has 0 bridgehead atoms. The number of aromatic nitrogens is 1. The summed E-state index contributed by atoms with van der Waals surface area (Å²) in [6, 6.07) is 9.60. The number of anilines is 1. The Morgan fingerprint density at radius 1 is 1.00 bits per heavy atom. The Bertz CT molecular complexity index is 929. The number of hydrogen-bond acceptors (Lipinski definition) is 4. The first-order valence-corrected chi connectivity index (χ1v) is 12.7. The number of fused-ring (bicyclic) bond motifs is 1. The monoisotopic (exact) mass is 464 g/mol. The van der Waals surface area contributed by atoms with E-state index in [2.05, 4.69) is 29.0 Å². The molecule has 0 fully saturated rings. The maximum atomic E-state index is 13.0. The number of amides is 2. The fourth-order valence-corrected chi connectivity index (χ4v) is 4.44. The highest BCUT2D eigenvalue weighted by atomic mass is 16.2. The van der Waals surface area contributed by atoms with Gasteiger partial charge in [0, 0.05) is 50.2 Å². The molecule has 6 nitrogen and oxygen atoms in total. The second-order valence-corrected chi connectivity index (χ2v) is 9.78. The first kappa shape index (κ1) is 25.9. The lowest BCUT2D eigenvalue weighted by molar-refractivity contribution is -0.116. The molecule has 0 atom stereocenters. The molecule has 1 aliphatic rings. The van der Waals surface area contributed by atoms with Crippen LogP contribution in [0.4, 0.5) is 5.69 Å². The van der Waals surface area contributed by atoms with Gasteiger partial charge in [-0.05, 0) is 79.7 Å². The lowest BCUT2D eigenvalue weighted by Gasteiger charge is -2.29. The third-order valence-electron chi connectivity index (χ3n) is 6.49. The average molecular weight is 465 g/mol. The van der Waals surface area contributed by atoms with Crippen molar-refractivity contribution in [3.63, 3.8) is 0 Å². The average Bonchev–Trinajstić information content (AvgIpc) is 2.82. The Hall–Kier alpha value is -2.73. The molecule has 2 aromatic rings. The molecule has 0 saturated carbocycles. The van der Waals surface area contributed by atoms with Crippen molar-refractivity contribution in [2.24, 2.45) is 5.92 Å². The van der Waals surface area contributed by atoms with E-state index in [-0.39, 0.29) is 11.8 Å². The molecule has 1 N–H and O–H groups in total. The third-order valence-corrected chi connectivity index (χ3v) is 6.49. The van der Waals surface area contributed by atoms with Gasteiger partial charge in [0.1, 0.15) is 0 Å². The van der Waals surface area contributed by atoms with Crippen molar-refractivity contribution in [2.75, 3.05) is 24.5 Å². The standard InChI is InChI=1S/C28H40N4O2/c1-22(2)13-18-31-16-7-5-4-6-8-17-32(23(3)33)27-10-9-25(19-26(27)21-31)28(34)30-20-24-11-14-29-15-12-24/h9-12,14-15,19,22H,4-8,13,16-18,20-21H2,1-3H3,(H,30,34). The minimum Gasteiger partial charge on any atom is -0.348 e. The first-order chi connectivity index (χ1) is 16.4. The van der Waals surface area contributed by atoms with Gasteiger partial charge in [-0.15, -0.1) is 0 Å². The molecule has 3 rings (SSSR count). The quantitative estimate of drug-likeness (QED) is 0.640. The Labute approximate surface area is 204 Å². The number of carbonyl (C=O) groups is 2. The Morgan fingerprint density at radius 2 is 1.71 bits per heavy atom. The summed E-state index contributed by atoms with van der Waals surface area (Å²) in [6.07, 6.45) is 10.4. The van der Waals surface area contributed by atoms with Crippen LogP contribution in [0.5, 0.6) is 0 Å². The lowest BCUT2D eigenvalue weighted by atomic mass is 10.0. The molecular weight excluding hydrogens is 424 g/mol. The summed E-state index contributed by atoms with van der Waals surface area (Å²) in [5, 5.41) is 3.02. The predicted molar refractivity (Wildman–Crippen MR) is 138 cm³/mol. The molecule has 0 aliphatic carbocycles. The van der Waals surface area contributed by atoms with Gasteiger partial charge >= 0.3 is 0 Å². The zero-order chi connectivity index (χ0) is 24.3. The molecule has 1 aliphatic heterocycles. The number of carbonyl (C=O) groups excluding carboxylic acids is 2. The van der Waals surface area contributed by atoms with Gasteiger partial charge in [-0.25, -0.2) is 0 Å². The van der Waals surface area contributed by atoms with E-state index in [4.69, 9.17) is 0 Å². The van der Waals surface area contributed by atoms with Gasteiger partial charge in [0.05, 0.1) is 0 Å².